The van der Waals surface area contributed by atoms with E-state index in [1.54, 1.807) is 16.4 Å². The molecule has 0 unspecified atom stereocenters. The average Bonchev–Trinajstić information content (AvgIpc) is 2.37. The fraction of sp³-hybridized carbons (Fsp3) is 0.533. The summed E-state index contributed by atoms with van der Waals surface area (Å²) in [4.78, 5) is 0.244. The lowest BCUT2D eigenvalue weighted by molar-refractivity contribution is 0.363. The first-order valence-corrected chi connectivity index (χ1v) is 9.38. The highest BCUT2D eigenvalue weighted by Crippen LogP contribution is 2.19. The zero-order chi connectivity index (χ0) is 15.3. The van der Waals surface area contributed by atoms with E-state index in [1.807, 2.05) is 12.1 Å². The fourth-order valence-electron chi connectivity index (χ4n) is 2.67. The Hall–Kier alpha value is -0.980. The minimum Gasteiger partial charge on any atom is -0.389 e. The smallest absolute Gasteiger partial charge is 0.218 e. The third kappa shape index (κ3) is 4.49. The Morgan fingerprint density at radius 1 is 1.10 bits per heavy atom. The summed E-state index contributed by atoms with van der Waals surface area (Å²) in [6.45, 7) is 1.25. The van der Waals surface area contributed by atoms with E-state index in [2.05, 4.69) is 0 Å². The molecule has 0 bridgehead atoms. The third-order valence-electron chi connectivity index (χ3n) is 3.83. The van der Waals surface area contributed by atoms with Crippen LogP contribution in [-0.4, -0.2) is 30.8 Å². The summed E-state index contributed by atoms with van der Waals surface area (Å²) in [5, 5.41) is 0. The molecule has 0 saturated carbocycles. The predicted octanol–water partition coefficient (Wildman–Crippen LogP) is 2.42. The highest BCUT2D eigenvalue weighted by Gasteiger charge is 2.24. The molecule has 116 valence electrons. The molecule has 0 amide bonds. The van der Waals surface area contributed by atoms with Gasteiger partial charge in [0.05, 0.1) is 5.75 Å². The van der Waals surface area contributed by atoms with Crippen LogP contribution in [0.3, 0.4) is 0 Å². The molecule has 1 aromatic carbocycles. The maximum atomic E-state index is 12.6. The van der Waals surface area contributed by atoms with Gasteiger partial charge in [-0.25, -0.2) is 12.7 Å². The topological polar surface area (TPSA) is 63.4 Å². The van der Waals surface area contributed by atoms with Crippen LogP contribution in [0.25, 0.3) is 0 Å². The Labute approximate surface area is 132 Å². The molecule has 0 spiro atoms. The third-order valence-corrected chi connectivity index (χ3v) is 5.88. The molecule has 6 heteroatoms. The summed E-state index contributed by atoms with van der Waals surface area (Å²) in [6.07, 6.45) is 5.30. The van der Waals surface area contributed by atoms with Crippen molar-refractivity contribution in [2.75, 3.05) is 13.1 Å². The molecule has 1 saturated heterocycles. The number of sulfonamides is 1. The summed E-state index contributed by atoms with van der Waals surface area (Å²) in [5.41, 5.74) is 7.02. The van der Waals surface area contributed by atoms with Crippen molar-refractivity contribution in [3.05, 3.63) is 35.4 Å². The van der Waals surface area contributed by atoms with Gasteiger partial charge >= 0.3 is 0 Å². The Bertz CT molecular complexity index is 591. The van der Waals surface area contributed by atoms with E-state index in [-0.39, 0.29) is 10.7 Å². The lowest BCUT2D eigenvalue weighted by Gasteiger charge is -2.24. The molecule has 4 nitrogen and oxygen atoms in total. The molecule has 2 N–H and O–H groups in total. The van der Waals surface area contributed by atoms with Gasteiger partial charge in [-0.3, -0.25) is 0 Å². The van der Waals surface area contributed by atoms with Crippen molar-refractivity contribution in [1.29, 1.82) is 0 Å². The van der Waals surface area contributed by atoms with Crippen molar-refractivity contribution in [3.63, 3.8) is 0 Å². The summed E-state index contributed by atoms with van der Waals surface area (Å²) in [7, 11) is -3.31. The van der Waals surface area contributed by atoms with Crippen LogP contribution >= 0.6 is 12.2 Å². The molecule has 21 heavy (non-hydrogen) atoms. The second-order valence-corrected chi connectivity index (χ2v) is 7.85. The van der Waals surface area contributed by atoms with Crippen LogP contribution in [0.15, 0.2) is 24.3 Å². The van der Waals surface area contributed by atoms with E-state index in [0.29, 0.717) is 24.2 Å². The highest BCUT2D eigenvalue weighted by molar-refractivity contribution is 7.88. The van der Waals surface area contributed by atoms with Gasteiger partial charge in [0.25, 0.3) is 0 Å². The van der Waals surface area contributed by atoms with Crippen LogP contribution in [0.4, 0.5) is 0 Å². The largest absolute Gasteiger partial charge is 0.389 e. The second kappa shape index (κ2) is 7.33. The maximum absolute atomic E-state index is 12.6. The summed E-state index contributed by atoms with van der Waals surface area (Å²) >= 11 is 5.00. The highest BCUT2D eigenvalue weighted by atomic mass is 32.2. The number of thiocarbonyl (C=S) groups is 1. The molecule has 1 aliphatic heterocycles. The molecule has 1 aliphatic rings. The van der Waals surface area contributed by atoms with E-state index in [9.17, 15) is 8.42 Å². The first-order valence-electron chi connectivity index (χ1n) is 7.36. The van der Waals surface area contributed by atoms with Crippen molar-refractivity contribution in [1.82, 2.24) is 4.31 Å². The lowest BCUT2D eigenvalue weighted by Crippen LogP contribution is -2.35. The van der Waals surface area contributed by atoms with Crippen LogP contribution in [0, 0.1) is 0 Å². The SMILES string of the molecule is NC(=S)c1ccccc1CS(=O)(=O)N1CCCCCCC1. The Kier molecular flexibility index (Phi) is 5.72. The van der Waals surface area contributed by atoms with Crippen LogP contribution in [-0.2, 0) is 15.8 Å². The lowest BCUT2D eigenvalue weighted by atomic mass is 10.1. The van der Waals surface area contributed by atoms with Crippen LogP contribution in [0.1, 0.15) is 43.2 Å². The van der Waals surface area contributed by atoms with Crippen molar-refractivity contribution < 1.29 is 8.42 Å². The van der Waals surface area contributed by atoms with Crippen molar-refractivity contribution in [2.24, 2.45) is 5.73 Å². The minimum absolute atomic E-state index is 0.0273. The number of benzene rings is 1. The number of rotatable bonds is 4. The van der Waals surface area contributed by atoms with Crippen molar-refractivity contribution in [2.45, 2.75) is 37.9 Å². The second-order valence-electron chi connectivity index (χ2n) is 5.44. The van der Waals surface area contributed by atoms with Crippen LogP contribution in [0.2, 0.25) is 0 Å². The monoisotopic (exact) mass is 326 g/mol. The molecule has 2 rings (SSSR count). The van der Waals surface area contributed by atoms with Gasteiger partial charge in [-0.15, -0.1) is 0 Å². The van der Waals surface area contributed by atoms with E-state index < -0.39 is 10.0 Å². The normalized spacial score (nSPS) is 17.9. The van der Waals surface area contributed by atoms with Crippen LogP contribution < -0.4 is 5.73 Å². The van der Waals surface area contributed by atoms with Gasteiger partial charge in [-0.05, 0) is 18.4 Å². The summed E-state index contributed by atoms with van der Waals surface area (Å²) in [5.74, 6) is -0.0273. The van der Waals surface area contributed by atoms with Gasteiger partial charge in [0.2, 0.25) is 10.0 Å². The Morgan fingerprint density at radius 3 is 2.29 bits per heavy atom. The van der Waals surface area contributed by atoms with Crippen LogP contribution in [0.5, 0.6) is 0 Å². The standard InChI is InChI=1S/C15H22N2O2S2/c16-15(20)14-9-5-4-8-13(14)12-21(18,19)17-10-6-2-1-3-7-11-17/h4-5,8-9H,1-3,6-7,10-12H2,(H2,16,20). The first-order chi connectivity index (χ1) is 10.0. The minimum atomic E-state index is -3.31. The van der Waals surface area contributed by atoms with E-state index in [1.165, 1.54) is 6.42 Å². The molecule has 0 aliphatic carbocycles. The zero-order valence-corrected chi connectivity index (χ0v) is 13.8. The van der Waals surface area contributed by atoms with E-state index >= 15 is 0 Å². The predicted molar refractivity (Wildman–Crippen MR) is 89.6 cm³/mol. The van der Waals surface area contributed by atoms with Gasteiger partial charge in [-0.2, -0.15) is 0 Å². The maximum Gasteiger partial charge on any atom is 0.218 e. The van der Waals surface area contributed by atoms with Gasteiger partial charge < -0.3 is 5.73 Å². The number of nitrogens with zero attached hydrogens (tertiary/aromatic N) is 1. The Morgan fingerprint density at radius 2 is 1.67 bits per heavy atom. The molecule has 0 aromatic heterocycles. The van der Waals surface area contributed by atoms with E-state index in [4.69, 9.17) is 18.0 Å². The fourth-order valence-corrected chi connectivity index (χ4v) is 4.51. The molecule has 0 atom stereocenters. The molecule has 1 heterocycles. The van der Waals surface area contributed by atoms with Gasteiger partial charge in [0, 0.05) is 18.7 Å². The molecule has 0 radical (unpaired) electrons. The van der Waals surface area contributed by atoms with Crippen molar-refractivity contribution in [3.8, 4) is 0 Å². The molecular formula is C15H22N2O2S2. The zero-order valence-electron chi connectivity index (χ0n) is 12.1. The molecule has 1 fully saturated rings. The number of nitrogens with two attached hydrogens (primary N) is 1. The Balaban J connectivity index is 2.18. The number of hydrogen-bond donors (Lipinski definition) is 1. The average molecular weight is 326 g/mol. The van der Waals surface area contributed by atoms with Gasteiger partial charge in [-0.1, -0.05) is 55.7 Å². The van der Waals surface area contributed by atoms with Gasteiger partial charge in [0.15, 0.2) is 0 Å². The molecular weight excluding hydrogens is 304 g/mol. The quantitative estimate of drug-likeness (QED) is 0.863. The van der Waals surface area contributed by atoms with Crippen molar-refractivity contribution >= 4 is 27.2 Å². The molecule has 1 aromatic rings. The summed E-state index contributed by atoms with van der Waals surface area (Å²) < 4.78 is 26.9. The summed E-state index contributed by atoms with van der Waals surface area (Å²) in [6, 6.07) is 7.21. The first kappa shape index (κ1) is 16.4. The van der Waals surface area contributed by atoms with Gasteiger partial charge in [0.1, 0.15) is 4.99 Å². The van der Waals surface area contributed by atoms with E-state index in [0.717, 1.165) is 25.7 Å². The number of hydrogen-bond acceptors (Lipinski definition) is 3.